The van der Waals surface area contributed by atoms with E-state index in [1.54, 1.807) is 7.11 Å². The Morgan fingerprint density at radius 3 is 2.41 bits per heavy atom. The van der Waals surface area contributed by atoms with Crippen LogP contribution in [0.4, 0.5) is 4.79 Å². The lowest BCUT2D eigenvalue weighted by Gasteiger charge is -2.24. The minimum absolute atomic E-state index is 0.145. The van der Waals surface area contributed by atoms with Crippen LogP contribution in [0.1, 0.15) is 51.1 Å². The summed E-state index contributed by atoms with van der Waals surface area (Å²) in [5.41, 5.74) is 0.161. The highest BCUT2D eigenvalue weighted by Gasteiger charge is 2.52. The van der Waals surface area contributed by atoms with Crippen molar-refractivity contribution in [1.29, 1.82) is 0 Å². The molecule has 7 nitrogen and oxygen atoms in total. The zero-order chi connectivity index (χ0) is 19.6. The number of nitrogens with zero attached hydrogens (tertiary/aromatic N) is 1. The van der Waals surface area contributed by atoms with Crippen molar-refractivity contribution in [3.05, 3.63) is 29.8 Å². The molecular weight excluding hydrogens is 346 g/mol. The van der Waals surface area contributed by atoms with Crippen LogP contribution >= 0.6 is 0 Å². The molecule has 1 aliphatic carbocycles. The third kappa shape index (κ3) is 3.77. The van der Waals surface area contributed by atoms with Gasteiger partial charge in [0, 0.05) is 0 Å². The van der Waals surface area contributed by atoms with Crippen molar-refractivity contribution in [2.24, 2.45) is 5.92 Å². The zero-order valence-corrected chi connectivity index (χ0v) is 16.1. The second-order valence-corrected chi connectivity index (χ2v) is 7.67. The number of carbonyl (C=O) groups excluding carboxylic acids is 3. The first-order valence-electron chi connectivity index (χ1n) is 9.44. The fraction of sp³-hybridized carbons (Fsp3) is 0.550. The van der Waals surface area contributed by atoms with Gasteiger partial charge in [0.1, 0.15) is 17.8 Å². The maximum absolute atomic E-state index is 12.7. The predicted octanol–water partition coefficient (Wildman–Crippen LogP) is 2.37. The molecule has 4 amide bonds. The highest BCUT2D eigenvalue weighted by molar-refractivity contribution is 6.09. The van der Waals surface area contributed by atoms with Crippen LogP contribution in [-0.4, -0.2) is 41.9 Å². The maximum Gasteiger partial charge on any atom is 0.325 e. The summed E-state index contributed by atoms with van der Waals surface area (Å²) in [6, 6.07) is 6.82. The number of rotatable bonds is 6. The summed E-state index contributed by atoms with van der Waals surface area (Å²) in [7, 11) is 1.60. The van der Waals surface area contributed by atoms with Crippen LogP contribution < -0.4 is 15.4 Å². The van der Waals surface area contributed by atoms with E-state index < -0.39 is 11.6 Å². The molecule has 1 aromatic carbocycles. The molecule has 2 fully saturated rings. The molecule has 27 heavy (non-hydrogen) atoms. The molecule has 1 heterocycles. The number of imide groups is 1. The molecule has 0 aromatic heterocycles. The fourth-order valence-corrected chi connectivity index (χ4v) is 3.95. The van der Waals surface area contributed by atoms with E-state index in [1.165, 1.54) is 0 Å². The lowest BCUT2D eigenvalue weighted by Crippen LogP contribution is -2.46. The van der Waals surface area contributed by atoms with Gasteiger partial charge in [-0.3, -0.25) is 14.5 Å². The largest absolute Gasteiger partial charge is 0.497 e. The molecule has 1 saturated carbocycles. The molecule has 1 aromatic rings. The van der Waals surface area contributed by atoms with Crippen molar-refractivity contribution in [3.63, 3.8) is 0 Å². The van der Waals surface area contributed by atoms with Crippen LogP contribution in [0.3, 0.4) is 0 Å². The third-order valence-corrected chi connectivity index (χ3v) is 5.46. The SMILES string of the molecule is COc1ccc(C(NC(=O)CN2C(=O)NC3(CCCC3)C2=O)C(C)C)cc1. The van der Waals surface area contributed by atoms with Crippen LogP contribution in [0.5, 0.6) is 5.75 Å². The van der Waals surface area contributed by atoms with Gasteiger partial charge in [-0.25, -0.2) is 4.79 Å². The highest BCUT2D eigenvalue weighted by Crippen LogP contribution is 2.35. The number of urea groups is 1. The summed E-state index contributed by atoms with van der Waals surface area (Å²) in [4.78, 5) is 38.6. The summed E-state index contributed by atoms with van der Waals surface area (Å²) in [6.45, 7) is 3.76. The minimum Gasteiger partial charge on any atom is -0.497 e. The molecule has 1 unspecified atom stereocenters. The predicted molar refractivity (Wildman–Crippen MR) is 100 cm³/mol. The average Bonchev–Trinajstić information content (AvgIpc) is 3.20. The van der Waals surface area contributed by atoms with Gasteiger partial charge in [-0.1, -0.05) is 38.8 Å². The van der Waals surface area contributed by atoms with Crippen molar-refractivity contribution < 1.29 is 19.1 Å². The van der Waals surface area contributed by atoms with E-state index >= 15 is 0 Å². The Labute approximate surface area is 159 Å². The number of hydrogen-bond acceptors (Lipinski definition) is 4. The molecule has 1 aliphatic heterocycles. The maximum atomic E-state index is 12.7. The second-order valence-electron chi connectivity index (χ2n) is 7.67. The fourth-order valence-electron chi connectivity index (χ4n) is 3.95. The quantitative estimate of drug-likeness (QED) is 0.750. The molecule has 146 valence electrons. The molecule has 1 spiro atoms. The summed E-state index contributed by atoms with van der Waals surface area (Å²) in [6.07, 6.45) is 3.13. The number of methoxy groups -OCH3 is 1. The van der Waals surface area contributed by atoms with Gasteiger partial charge >= 0.3 is 6.03 Å². The van der Waals surface area contributed by atoms with E-state index in [0.29, 0.717) is 12.8 Å². The van der Waals surface area contributed by atoms with Crippen molar-refractivity contribution >= 4 is 17.8 Å². The Balaban J connectivity index is 1.67. The van der Waals surface area contributed by atoms with Gasteiger partial charge in [0.05, 0.1) is 13.2 Å². The lowest BCUT2D eigenvalue weighted by atomic mass is 9.96. The molecule has 2 N–H and O–H groups in total. The lowest BCUT2D eigenvalue weighted by molar-refractivity contribution is -0.135. The van der Waals surface area contributed by atoms with Crippen LogP contribution in [0.15, 0.2) is 24.3 Å². The first kappa shape index (κ1) is 19.2. The minimum atomic E-state index is -0.787. The monoisotopic (exact) mass is 373 g/mol. The first-order valence-corrected chi connectivity index (χ1v) is 9.44. The molecule has 1 saturated heterocycles. The van der Waals surface area contributed by atoms with Gasteiger partial charge in [0.15, 0.2) is 0 Å². The number of amides is 4. The molecule has 1 atom stereocenters. The zero-order valence-electron chi connectivity index (χ0n) is 16.1. The summed E-state index contributed by atoms with van der Waals surface area (Å²) in [5.74, 6) is 0.272. The summed E-state index contributed by atoms with van der Waals surface area (Å²) in [5, 5.41) is 5.76. The summed E-state index contributed by atoms with van der Waals surface area (Å²) >= 11 is 0. The van der Waals surface area contributed by atoms with Gasteiger partial charge in [-0.05, 0) is 36.5 Å². The van der Waals surface area contributed by atoms with E-state index in [-0.39, 0.29) is 30.3 Å². The number of benzene rings is 1. The molecule has 3 rings (SSSR count). The number of nitrogens with one attached hydrogen (secondary N) is 2. The van der Waals surface area contributed by atoms with E-state index in [0.717, 1.165) is 29.1 Å². The Bertz CT molecular complexity index is 723. The normalized spacial score (nSPS) is 19.5. The van der Waals surface area contributed by atoms with Crippen molar-refractivity contribution in [1.82, 2.24) is 15.5 Å². The standard InChI is InChI=1S/C20H27N3O4/c1-13(2)17(14-6-8-15(27-3)9-7-14)21-16(24)12-23-18(25)20(22-19(23)26)10-4-5-11-20/h6-9,13,17H,4-5,10-12H2,1-3H3,(H,21,24)(H,22,26). The molecule has 2 aliphatic rings. The Hall–Kier alpha value is -2.57. The van der Waals surface area contributed by atoms with Gasteiger partial charge < -0.3 is 15.4 Å². The molecule has 0 bridgehead atoms. The second kappa shape index (κ2) is 7.58. The van der Waals surface area contributed by atoms with E-state index in [1.807, 2.05) is 38.1 Å². The third-order valence-electron chi connectivity index (χ3n) is 5.46. The Kier molecular flexibility index (Phi) is 5.39. The average molecular weight is 373 g/mol. The van der Waals surface area contributed by atoms with E-state index in [9.17, 15) is 14.4 Å². The van der Waals surface area contributed by atoms with Gasteiger partial charge in [0.25, 0.3) is 5.91 Å². The van der Waals surface area contributed by atoms with Crippen LogP contribution in [0, 0.1) is 5.92 Å². The Morgan fingerprint density at radius 1 is 1.22 bits per heavy atom. The van der Waals surface area contributed by atoms with E-state index in [4.69, 9.17) is 4.74 Å². The van der Waals surface area contributed by atoms with Crippen LogP contribution in [0.25, 0.3) is 0 Å². The molecule has 0 radical (unpaired) electrons. The molecular formula is C20H27N3O4. The van der Waals surface area contributed by atoms with Crippen molar-refractivity contribution in [3.8, 4) is 5.75 Å². The topological polar surface area (TPSA) is 87.7 Å². The van der Waals surface area contributed by atoms with Crippen molar-refractivity contribution in [2.45, 2.75) is 51.1 Å². The molecule has 7 heteroatoms. The van der Waals surface area contributed by atoms with Crippen LogP contribution in [-0.2, 0) is 9.59 Å². The number of ether oxygens (including phenoxy) is 1. The highest BCUT2D eigenvalue weighted by atomic mass is 16.5. The number of carbonyl (C=O) groups is 3. The van der Waals surface area contributed by atoms with Crippen LogP contribution in [0.2, 0.25) is 0 Å². The Morgan fingerprint density at radius 2 is 1.85 bits per heavy atom. The smallest absolute Gasteiger partial charge is 0.325 e. The van der Waals surface area contributed by atoms with Crippen molar-refractivity contribution in [2.75, 3.05) is 13.7 Å². The van der Waals surface area contributed by atoms with Gasteiger partial charge in [-0.15, -0.1) is 0 Å². The number of hydrogen-bond donors (Lipinski definition) is 2. The first-order chi connectivity index (χ1) is 12.9. The van der Waals surface area contributed by atoms with E-state index in [2.05, 4.69) is 10.6 Å². The van der Waals surface area contributed by atoms with Gasteiger partial charge in [0.2, 0.25) is 5.91 Å². The van der Waals surface area contributed by atoms with Gasteiger partial charge in [-0.2, -0.15) is 0 Å². The summed E-state index contributed by atoms with van der Waals surface area (Å²) < 4.78 is 5.17.